The minimum Gasteiger partial charge on any atom is -0.316 e. The molecule has 2 atom stereocenters. The van der Waals surface area contributed by atoms with E-state index in [9.17, 15) is 43.9 Å². The Kier molecular flexibility index (Phi) is 3.59. The zero-order chi connectivity index (χ0) is 15.3. The van der Waals surface area contributed by atoms with Gasteiger partial charge in [0.2, 0.25) is 0 Å². The van der Waals surface area contributed by atoms with Crippen LogP contribution in [0, 0.1) is 0 Å². The molecule has 2 unspecified atom stereocenters. The summed E-state index contributed by atoms with van der Waals surface area (Å²) in [6.45, 7) is 0. The molecule has 1 aliphatic carbocycles. The summed E-state index contributed by atoms with van der Waals surface area (Å²) in [6.07, 6.45) is -21.5. The van der Waals surface area contributed by atoms with Crippen LogP contribution >= 0.6 is 0 Å². The van der Waals surface area contributed by atoms with Crippen LogP contribution in [-0.2, 0) is 4.74 Å². The van der Waals surface area contributed by atoms with Crippen LogP contribution in [0.2, 0.25) is 0 Å². The van der Waals surface area contributed by atoms with Gasteiger partial charge in [0.15, 0.2) is 6.17 Å². The third-order valence-corrected chi connectivity index (χ3v) is 2.17. The van der Waals surface area contributed by atoms with Crippen molar-refractivity contribution in [3.8, 4) is 0 Å². The Hall–Kier alpha value is -1.00. The normalized spacial score (nSPS) is 31.2. The molecule has 0 aromatic rings. The molecule has 0 amide bonds. The molecule has 0 saturated heterocycles. The maximum absolute atomic E-state index is 13.4. The third-order valence-electron chi connectivity index (χ3n) is 2.17. The maximum Gasteiger partial charge on any atom is 0.423 e. The Bertz CT molecular complexity index is 355. The van der Waals surface area contributed by atoms with E-state index < -0.39 is 42.5 Å². The molecule has 0 aromatic heterocycles. The Morgan fingerprint density at radius 1 is 0.947 bits per heavy atom. The van der Waals surface area contributed by atoms with E-state index in [-0.39, 0.29) is 6.08 Å². The molecule has 0 spiro atoms. The first-order valence-corrected chi connectivity index (χ1v) is 4.43. The second-order valence-corrected chi connectivity index (χ2v) is 3.61. The minimum atomic E-state index is -6.23. The fourth-order valence-electron chi connectivity index (χ4n) is 1.26. The highest BCUT2D eigenvalue weighted by Gasteiger charge is 2.70. The first-order chi connectivity index (χ1) is 8.22. The van der Waals surface area contributed by atoms with Crippen molar-refractivity contribution in [3.05, 3.63) is 12.2 Å². The molecule has 0 heterocycles. The molecule has 112 valence electrons. The molecule has 1 aliphatic rings. The number of alkyl halides is 10. The molecule has 0 radical (unpaired) electrons. The van der Waals surface area contributed by atoms with Gasteiger partial charge in [-0.05, 0) is 12.2 Å². The van der Waals surface area contributed by atoms with Crippen molar-refractivity contribution in [1.29, 1.82) is 0 Å². The molecule has 0 N–H and O–H groups in total. The van der Waals surface area contributed by atoms with Crippen LogP contribution in [0.4, 0.5) is 43.9 Å². The van der Waals surface area contributed by atoms with E-state index in [4.69, 9.17) is 0 Å². The van der Waals surface area contributed by atoms with Crippen LogP contribution in [0.3, 0.4) is 0 Å². The van der Waals surface area contributed by atoms with Crippen LogP contribution in [0.5, 0.6) is 0 Å². The van der Waals surface area contributed by atoms with Gasteiger partial charge in [0.1, 0.15) is 0 Å². The van der Waals surface area contributed by atoms with Crippen molar-refractivity contribution >= 4 is 0 Å². The van der Waals surface area contributed by atoms with Gasteiger partial charge in [-0.25, -0.2) is 8.78 Å². The largest absolute Gasteiger partial charge is 0.423 e. The van der Waals surface area contributed by atoms with Crippen molar-refractivity contribution in [1.82, 2.24) is 0 Å². The van der Waals surface area contributed by atoms with E-state index in [0.717, 1.165) is 0 Å². The van der Waals surface area contributed by atoms with Gasteiger partial charge in [-0.1, -0.05) is 0 Å². The summed E-state index contributed by atoms with van der Waals surface area (Å²) in [5.41, 5.74) is 0. The van der Waals surface area contributed by atoms with Gasteiger partial charge in [0.05, 0.1) is 0 Å². The lowest BCUT2D eigenvalue weighted by atomic mass is 10.1. The molecule has 1 rings (SSSR count). The summed E-state index contributed by atoms with van der Waals surface area (Å²) < 4.78 is 127. The van der Waals surface area contributed by atoms with Gasteiger partial charge < -0.3 is 4.74 Å². The van der Waals surface area contributed by atoms with Crippen LogP contribution in [0.15, 0.2) is 12.2 Å². The monoisotopic (exact) mass is 306 g/mol. The summed E-state index contributed by atoms with van der Waals surface area (Å²) in [5.74, 6) is -10.0. The van der Waals surface area contributed by atoms with Crippen LogP contribution in [0.25, 0.3) is 0 Å². The highest BCUT2D eigenvalue weighted by atomic mass is 19.4. The molecular weight excluding hydrogens is 302 g/mol. The maximum atomic E-state index is 13.4. The third kappa shape index (κ3) is 2.79. The van der Waals surface area contributed by atoms with Crippen LogP contribution in [-0.4, -0.2) is 36.4 Å². The first kappa shape index (κ1) is 16.1. The van der Waals surface area contributed by atoms with Gasteiger partial charge in [0.25, 0.3) is 6.10 Å². The fourth-order valence-corrected chi connectivity index (χ4v) is 1.26. The zero-order valence-electron chi connectivity index (χ0n) is 8.50. The topological polar surface area (TPSA) is 9.23 Å². The van der Waals surface area contributed by atoms with Crippen molar-refractivity contribution in [2.45, 2.75) is 36.4 Å². The Balaban J connectivity index is 3.11. The lowest BCUT2D eigenvalue weighted by Crippen LogP contribution is -2.56. The number of rotatable bonds is 2. The molecular formula is C8H4F10O. The molecule has 19 heavy (non-hydrogen) atoms. The average molecular weight is 306 g/mol. The average Bonchev–Trinajstić information content (AvgIpc) is 2.36. The van der Waals surface area contributed by atoms with Crippen molar-refractivity contribution in [3.63, 3.8) is 0 Å². The van der Waals surface area contributed by atoms with Crippen LogP contribution < -0.4 is 0 Å². The van der Waals surface area contributed by atoms with E-state index >= 15 is 0 Å². The second-order valence-electron chi connectivity index (χ2n) is 3.61. The van der Waals surface area contributed by atoms with Gasteiger partial charge in [-0.3, -0.25) is 0 Å². The van der Waals surface area contributed by atoms with Crippen molar-refractivity contribution < 1.29 is 48.6 Å². The Morgan fingerprint density at radius 3 is 1.63 bits per heavy atom. The van der Waals surface area contributed by atoms with Crippen molar-refractivity contribution in [2.75, 3.05) is 0 Å². The Labute approximate surface area is 98.4 Å². The number of ether oxygens (including phenoxy) is 1. The molecule has 0 fully saturated rings. The minimum absolute atomic E-state index is 0.218. The molecule has 11 heteroatoms. The zero-order valence-corrected chi connectivity index (χ0v) is 8.50. The smallest absolute Gasteiger partial charge is 0.316 e. The van der Waals surface area contributed by atoms with E-state index in [2.05, 4.69) is 4.74 Å². The van der Waals surface area contributed by atoms with Gasteiger partial charge >= 0.3 is 24.1 Å². The molecule has 0 aromatic carbocycles. The number of halogens is 10. The van der Waals surface area contributed by atoms with E-state index in [1.54, 1.807) is 0 Å². The quantitative estimate of drug-likeness (QED) is 0.558. The summed E-state index contributed by atoms with van der Waals surface area (Å²) in [4.78, 5) is 0. The predicted molar refractivity (Wildman–Crippen MR) is 39.8 cm³/mol. The lowest BCUT2D eigenvalue weighted by molar-refractivity contribution is -0.390. The molecule has 0 bridgehead atoms. The van der Waals surface area contributed by atoms with Gasteiger partial charge in [-0.15, -0.1) is 0 Å². The SMILES string of the molecule is FC1C=CC(F)(F)C1(F)OC(C(F)(F)F)C(F)(F)F. The fraction of sp³-hybridized carbons (Fsp3) is 0.750. The summed E-state index contributed by atoms with van der Waals surface area (Å²) in [6, 6.07) is 0. The Morgan fingerprint density at radius 2 is 1.37 bits per heavy atom. The highest BCUT2D eigenvalue weighted by molar-refractivity contribution is 5.19. The van der Waals surface area contributed by atoms with E-state index in [1.807, 2.05) is 0 Å². The van der Waals surface area contributed by atoms with Gasteiger partial charge in [-0.2, -0.15) is 35.1 Å². The van der Waals surface area contributed by atoms with E-state index in [1.165, 1.54) is 0 Å². The summed E-state index contributed by atoms with van der Waals surface area (Å²) in [5, 5.41) is 0. The lowest BCUT2D eigenvalue weighted by Gasteiger charge is -2.33. The number of hydrogen-bond donors (Lipinski definition) is 0. The second kappa shape index (κ2) is 4.25. The molecule has 1 nitrogen and oxygen atoms in total. The van der Waals surface area contributed by atoms with E-state index in [0.29, 0.717) is 0 Å². The predicted octanol–water partition coefficient (Wildman–Crippen LogP) is 3.71. The first-order valence-electron chi connectivity index (χ1n) is 4.43. The number of hydrogen-bond acceptors (Lipinski definition) is 1. The summed E-state index contributed by atoms with van der Waals surface area (Å²) >= 11 is 0. The van der Waals surface area contributed by atoms with Crippen LogP contribution in [0.1, 0.15) is 0 Å². The molecule has 0 aliphatic heterocycles. The molecule has 0 saturated carbocycles. The summed E-state index contributed by atoms with van der Waals surface area (Å²) in [7, 11) is 0. The van der Waals surface area contributed by atoms with Gasteiger partial charge in [0, 0.05) is 0 Å². The van der Waals surface area contributed by atoms with Crippen molar-refractivity contribution in [2.24, 2.45) is 0 Å². The standard InChI is InChI=1S/C8H4F10O/c9-3-1-2-5(10,11)6(3,12)19-4(7(13,14)15)8(16,17)18/h1-4H. The highest BCUT2D eigenvalue weighted by Crippen LogP contribution is 2.48.